The van der Waals surface area contributed by atoms with Gasteiger partial charge in [0.1, 0.15) is 5.69 Å². The van der Waals surface area contributed by atoms with E-state index >= 15 is 0 Å². The minimum atomic E-state index is -0.175. The summed E-state index contributed by atoms with van der Waals surface area (Å²) in [6.45, 7) is 11.8. The van der Waals surface area contributed by atoms with Gasteiger partial charge in [0.05, 0.1) is 25.1 Å². The number of morpholine rings is 1. The van der Waals surface area contributed by atoms with Crippen molar-refractivity contribution in [3.63, 3.8) is 0 Å². The molecule has 2 heterocycles. The molecule has 1 N–H and O–H groups in total. The van der Waals surface area contributed by atoms with E-state index in [0.717, 1.165) is 45.0 Å². The van der Waals surface area contributed by atoms with Crippen LogP contribution in [0.3, 0.4) is 0 Å². The Labute approximate surface area is 167 Å². The lowest BCUT2D eigenvalue weighted by atomic mass is 10.2. The molecule has 1 aliphatic rings. The molecule has 0 atom stereocenters. The Morgan fingerprint density at radius 2 is 1.96 bits per heavy atom. The summed E-state index contributed by atoms with van der Waals surface area (Å²) < 4.78 is 5.37. The first-order valence-corrected chi connectivity index (χ1v) is 10.1. The molecule has 0 bridgehead atoms. The predicted octanol–water partition coefficient (Wildman–Crippen LogP) is 1.11. The van der Waals surface area contributed by atoms with Gasteiger partial charge in [-0.05, 0) is 19.3 Å². The molecular formula is C20H33N5O3. The molecule has 0 unspecified atom stereocenters. The zero-order chi connectivity index (χ0) is 20.4. The van der Waals surface area contributed by atoms with Crippen molar-refractivity contribution < 1.29 is 14.3 Å². The van der Waals surface area contributed by atoms with Crippen LogP contribution >= 0.6 is 0 Å². The molecule has 1 fully saturated rings. The van der Waals surface area contributed by atoms with Crippen LogP contribution < -0.4 is 5.32 Å². The number of carbonyl (C=O) groups is 2. The highest BCUT2D eigenvalue weighted by Crippen LogP contribution is 2.06. The summed E-state index contributed by atoms with van der Waals surface area (Å²) in [5, 5.41) is 2.90. The van der Waals surface area contributed by atoms with Crippen LogP contribution in [-0.2, 0) is 9.53 Å². The van der Waals surface area contributed by atoms with E-state index in [-0.39, 0.29) is 18.2 Å². The van der Waals surface area contributed by atoms with Gasteiger partial charge in [0, 0.05) is 51.9 Å². The van der Waals surface area contributed by atoms with E-state index in [1.54, 1.807) is 11.1 Å². The number of hydrogen-bond acceptors (Lipinski definition) is 6. The Hall–Kier alpha value is -2.06. The topological polar surface area (TPSA) is 87.7 Å². The quantitative estimate of drug-likeness (QED) is 0.643. The standard InChI is InChI=1S/C20H33N5O3/c1-16(2)13-23-19(26)5-8-25(7-4-6-24-9-11-28-12-10-24)20(27)18-15-21-17(3)14-22-18/h14-16H,4-13H2,1-3H3,(H,23,26). The minimum Gasteiger partial charge on any atom is -0.379 e. The molecule has 28 heavy (non-hydrogen) atoms. The largest absolute Gasteiger partial charge is 0.379 e. The maximum Gasteiger partial charge on any atom is 0.274 e. The van der Waals surface area contributed by atoms with Crippen molar-refractivity contribution in [3.8, 4) is 0 Å². The highest BCUT2D eigenvalue weighted by Gasteiger charge is 2.19. The van der Waals surface area contributed by atoms with E-state index in [0.29, 0.717) is 31.2 Å². The van der Waals surface area contributed by atoms with Crippen molar-refractivity contribution in [1.82, 2.24) is 25.1 Å². The number of aromatic nitrogens is 2. The lowest BCUT2D eigenvalue weighted by Gasteiger charge is -2.28. The van der Waals surface area contributed by atoms with E-state index in [1.165, 1.54) is 6.20 Å². The number of amides is 2. The van der Waals surface area contributed by atoms with E-state index in [1.807, 2.05) is 6.92 Å². The zero-order valence-electron chi connectivity index (χ0n) is 17.3. The van der Waals surface area contributed by atoms with Crippen LogP contribution in [0.15, 0.2) is 12.4 Å². The molecular weight excluding hydrogens is 358 g/mol. The highest BCUT2D eigenvalue weighted by atomic mass is 16.5. The summed E-state index contributed by atoms with van der Waals surface area (Å²) in [6, 6.07) is 0. The van der Waals surface area contributed by atoms with Gasteiger partial charge in [0.25, 0.3) is 5.91 Å². The SMILES string of the molecule is Cc1cnc(C(=O)N(CCCN2CCOCC2)CCC(=O)NCC(C)C)cn1. The predicted molar refractivity (Wildman–Crippen MR) is 107 cm³/mol. The maximum atomic E-state index is 12.9. The first kappa shape index (κ1) is 22.2. The molecule has 0 aromatic carbocycles. The Balaban J connectivity index is 1.90. The molecule has 156 valence electrons. The summed E-state index contributed by atoms with van der Waals surface area (Å²) in [6.07, 6.45) is 4.23. The van der Waals surface area contributed by atoms with E-state index < -0.39 is 0 Å². The molecule has 0 radical (unpaired) electrons. The van der Waals surface area contributed by atoms with Gasteiger partial charge in [0.2, 0.25) is 5.91 Å². The fourth-order valence-electron chi connectivity index (χ4n) is 2.93. The Morgan fingerprint density at radius 3 is 2.61 bits per heavy atom. The summed E-state index contributed by atoms with van der Waals surface area (Å²) in [4.78, 5) is 37.4. The zero-order valence-corrected chi connectivity index (χ0v) is 17.3. The lowest BCUT2D eigenvalue weighted by Crippen LogP contribution is -2.40. The third-order valence-corrected chi connectivity index (χ3v) is 4.61. The molecule has 1 aliphatic heterocycles. The fraction of sp³-hybridized carbons (Fsp3) is 0.700. The summed E-state index contributed by atoms with van der Waals surface area (Å²) in [5.74, 6) is 0.193. The minimum absolute atomic E-state index is 0.0327. The summed E-state index contributed by atoms with van der Waals surface area (Å²) >= 11 is 0. The first-order chi connectivity index (χ1) is 13.5. The van der Waals surface area contributed by atoms with Gasteiger partial charge in [-0.3, -0.25) is 19.5 Å². The van der Waals surface area contributed by atoms with Crippen LogP contribution in [0.4, 0.5) is 0 Å². The second-order valence-corrected chi connectivity index (χ2v) is 7.59. The van der Waals surface area contributed by atoms with Gasteiger partial charge in [-0.2, -0.15) is 0 Å². The Bertz CT molecular complexity index is 615. The fourth-order valence-corrected chi connectivity index (χ4v) is 2.93. The number of nitrogens with one attached hydrogen (secondary N) is 1. The maximum absolute atomic E-state index is 12.9. The van der Waals surface area contributed by atoms with Crippen LogP contribution in [0.5, 0.6) is 0 Å². The van der Waals surface area contributed by atoms with Gasteiger partial charge in [-0.1, -0.05) is 13.8 Å². The number of carbonyl (C=O) groups excluding carboxylic acids is 2. The normalized spacial score (nSPS) is 14.9. The average molecular weight is 392 g/mol. The van der Waals surface area contributed by atoms with Crippen molar-refractivity contribution in [3.05, 3.63) is 23.8 Å². The molecule has 2 rings (SSSR count). The van der Waals surface area contributed by atoms with Crippen molar-refractivity contribution in [2.24, 2.45) is 5.92 Å². The number of aryl methyl sites for hydroxylation is 1. The highest BCUT2D eigenvalue weighted by molar-refractivity contribution is 5.92. The Kier molecular flexibility index (Phi) is 9.30. The average Bonchev–Trinajstić information content (AvgIpc) is 2.69. The molecule has 0 spiro atoms. The Morgan fingerprint density at radius 1 is 1.21 bits per heavy atom. The monoisotopic (exact) mass is 391 g/mol. The lowest BCUT2D eigenvalue weighted by molar-refractivity contribution is -0.121. The van der Waals surface area contributed by atoms with Gasteiger partial charge in [0.15, 0.2) is 0 Å². The number of hydrogen-bond donors (Lipinski definition) is 1. The van der Waals surface area contributed by atoms with Crippen molar-refractivity contribution in [2.75, 3.05) is 52.5 Å². The first-order valence-electron chi connectivity index (χ1n) is 10.1. The molecule has 8 nitrogen and oxygen atoms in total. The molecule has 0 aliphatic carbocycles. The second kappa shape index (κ2) is 11.7. The molecule has 1 saturated heterocycles. The van der Waals surface area contributed by atoms with E-state index in [4.69, 9.17) is 4.74 Å². The summed E-state index contributed by atoms with van der Waals surface area (Å²) in [5.41, 5.74) is 1.09. The van der Waals surface area contributed by atoms with Crippen molar-refractivity contribution in [1.29, 1.82) is 0 Å². The van der Waals surface area contributed by atoms with Crippen molar-refractivity contribution >= 4 is 11.8 Å². The van der Waals surface area contributed by atoms with Gasteiger partial charge < -0.3 is 15.0 Å². The number of ether oxygens (including phenoxy) is 1. The molecule has 2 amide bonds. The second-order valence-electron chi connectivity index (χ2n) is 7.59. The molecule has 0 saturated carbocycles. The van der Waals surface area contributed by atoms with Crippen LogP contribution in [0.2, 0.25) is 0 Å². The molecule has 1 aromatic heterocycles. The van der Waals surface area contributed by atoms with E-state index in [2.05, 4.69) is 34.0 Å². The number of rotatable bonds is 10. The van der Waals surface area contributed by atoms with Crippen LogP contribution in [0.25, 0.3) is 0 Å². The van der Waals surface area contributed by atoms with Gasteiger partial charge >= 0.3 is 0 Å². The molecule has 1 aromatic rings. The number of nitrogens with zero attached hydrogens (tertiary/aromatic N) is 4. The van der Waals surface area contributed by atoms with Crippen LogP contribution in [0, 0.1) is 12.8 Å². The van der Waals surface area contributed by atoms with Crippen molar-refractivity contribution in [2.45, 2.75) is 33.6 Å². The van der Waals surface area contributed by atoms with Crippen LogP contribution in [0.1, 0.15) is 42.9 Å². The third kappa shape index (κ3) is 7.90. The third-order valence-electron chi connectivity index (χ3n) is 4.61. The van der Waals surface area contributed by atoms with Crippen LogP contribution in [-0.4, -0.2) is 84.1 Å². The smallest absolute Gasteiger partial charge is 0.274 e. The van der Waals surface area contributed by atoms with Gasteiger partial charge in [-0.25, -0.2) is 4.98 Å². The van der Waals surface area contributed by atoms with Gasteiger partial charge in [-0.15, -0.1) is 0 Å². The molecule has 8 heteroatoms. The summed E-state index contributed by atoms with van der Waals surface area (Å²) in [7, 11) is 0. The van der Waals surface area contributed by atoms with E-state index in [9.17, 15) is 9.59 Å².